The molecule has 25 heavy (non-hydrogen) atoms. The van der Waals surface area contributed by atoms with Crippen LogP contribution in [0, 0.1) is 0 Å². The summed E-state index contributed by atoms with van der Waals surface area (Å²) in [5.41, 5.74) is 1.06. The molecule has 0 aliphatic carbocycles. The largest absolute Gasteiger partial charge is 0.356 e. The average molecular weight is 357 g/mol. The summed E-state index contributed by atoms with van der Waals surface area (Å²) in [5, 5.41) is 3.70. The highest BCUT2D eigenvalue weighted by atomic mass is 35.5. The zero-order valence-corrected chi connectivity index (χ0v) is 14.6. The van der Waals surface area contributed by atoms with Gasteiger partial charge in [-0.1, -0.05) is 23.7 Å². The van der Waals surface area contributed by atoms with Crippen molar-refractivity contribution in [3.05, 3.63) is 78.1 Å². The van der Waals surface area contributed by atoms with Crippen LogP contribution < -0.4 is 5.32 Å². The molecule has 1 N–H and O–H groups in total. The monoisotopic (exact) mass is 356 g/mol. The number of hydrogen-bond donors (Lipinski definition) is 1. The summed E-state index contributed by atoms with van der Waals surface area (Å²) in [7, 11) is 0. The standard InChI is InChI=1S/C19H21ClN4O/c20-17-6-4-16(5-7-17)18(24-11-1-2-12-24)14-19(25)22-8-3-10-23-13-9-21-15-23/h1-2,4-7,9,11-13,15,18H,3,8,10,14H2,(H,22,25). The number of carbonyl (C=O) groups excluding carboxylic acids is 1. The number of halogens is 1. The second-order valence-electron chi connectivity index (χ2n) is 5.91. The van der Waals surface area contributed by atoms with Gasteiger partial charge in [0.05, 0.1) is 18.8 Å². The van der Waals surface area contributed by atoms with Crippen LogP contribution in [0.15, 0.2) is 67.5 Å². The topological polar surface area (TPSA) is 51.9 Å². The molecule has 5 nitrogen and oxygen atoms in total. The van der Waals surface area contributed by atoms with Gasteiger partial charge in [0.25, 0.3) is 0 Å². The number of carbonyl (C=O) groups is 1. The lowest BCUT2D eigenvalue weighted by atomic mass is 10.0. The summed E-state index contributed by atoms with van der Waals surface area (Å²) in [6, 6.07) is 11.5. The molecule has 2 heterocycles. The fourth-order valence-electron chi connectivity index (χ4n) is 2.79. The molecule has 0 fully saturated rings. The molecule has 1 unspecified atom stereocenters. The van der Waals surface area contributed by atoms with Crippen molar-refractivity contribution in [2.75, 3.05) is 6.54 Å². The predicted molar refractivity (Wildman–Crippen MR) is 98.5 cm³/mol. The van der Waals surface area contributed by atoms with E-state index >= 15 is 0 Å². The normalized spacial score (nSPS) is 12.0. The molecule has 1 aromatic carbocycles. The number of amides is 1. The van der Waals surface area contributed by atoms with Crippen molar-refractivity contribution in [3.8, 4) is 0 Å². The van der Waals surface area contributed by atoms with E-state index in [2.05, 4.69) is 10.3 Å². The minimum atomic E-state index is -0.0408. The predicted octanol–water partition coefficient (Wildman–Crippen LogP) is 3.52. The first kappa shape index (κ1) is 17.3. The Bertz CT molecular complexity index is 766. The summed E-state index contributed by atoms with van der Waals surface area (Å²) >= 11 is 5.98. The van der Waals surface area contributed by atoms with Crippen molar-refractivity contribution < 1.29 is 4.79 Å². The quantitative estimate of drug-likeness (QED) is 0.628. The maximum absolute atomic E-state index is 12.4. The Labute approximate surface area is 152 Å². The van der Waals surface area contributed by atoms with Crippen LogP contribution in [-0.2, 0) is 11.3 Å². The molecule has 0 saturated heterocycles. The first-order valence-corrected chi connectivity index (χ1v) is 8.70. The SMILES string of the molecule is O=C(CC(c1ccc(Cl)cc1)n1cccc1)NCCCn1ccnc1. The van der Waals surface area contributed by atoms with E-state index in [0.717, 1.165) is 18.5 Å². The second-order valence-corrected chi connectivity index (χ2v) is 6.34. The number of nitrogens with one attached hydrogen (secondary N) is 1. The van der Waals surface area contributed by atoms with Gasteiger partial charge in [0.1, 0.15) is 0 Å². The summed E-state index contributed by atoms with van der Waals surface area (Å²) in [6.45, 7) is 1.49. The van der Waals surface area contributed by atoms with E-state index in [0.29, 0.717) is 18.0 Å². The summed E-state index contributed by atoms with van der Waals surface area (Å²) < 4.78 is 4.05. The Balaban J connectivity index is 1.56. The Hall–Kier alpha value is -2.53. The molecule has 0 aliphatic heterocycles. The Morgan fingerprint density at radius 3 is 2.60 bits per heavy atom. The second kappa shape index (κ2) is 8.53. The van der Waals surface area contributed by atoms with Gasteiger partial charge in [-0.25, -0.2) is 4.98 Å². The van der Waals surface area contributed by atoms with E-state index in [9.17, 15) is 4.79 Å². The van der Waals surface area contributed by atoms with Gasteiger partial charge in [0, 0.05) is 42.9 Å². The molecule has 0 bridgehead atoms. The lowest BCUT2D eigenvalue weighted by Crippen LogP contribution is -2.28. The van der Waals surface area contributed by atoms with Gasteiger partial charge >= 0.3 is 0 Å². The van der Waals surface area contributed by atoms with Gasteiger partial charge in [-0.15, -0.1) is 0 Å². The average Bonchev–Trinajstić information content (AvgIpc) is 3.31. The van der Waals surface area contributed by atoms with Crippen molar-refractivity contribution in [2.24, 2.45) is 0 Å². The summed E-state index contributed by atoms with van der Waals surface area (Å²) in [5.74, 6) is 0.0410. The van der Waals surface area contributed by atoms with Crippen LogP contribution in [0.25, 0.3) is 0 Å². The Kier molecular flexibility index (Phi) is 5.90. The number of benzene rings is 1. The minimum Gasteiger partial charge on any atom is -0.356 e. The molecular formula is C19H21ClN4O. The zero-order chi connectivity index (χ0) is 17.5. The molecule has 0 saturated carbocycles. The van der Waals surface area contributed by atoms with Gasteiger partial charge in [-0.05, 0) is 36.2 Å². The molecular weight excluding hydrogens is 336 g/mol. The molecule has 1 amide bonds. The van der Waals surface area contributed by atoms with Gasteiger partial charge in [0.2, 0.25) is 5.91 Å². The van der Waals surface area contributed by atoms with Crippen LogP contribution in [0.3, 0.4) is 0 Å². The van der Waals surface area contributed by atoms with Crippen LogP contribution in [0.5, 0.6) is 0 Å². The van der Waals surface area contributed by atoms with Crippen molar-refractivity contribution in [3.63, 3.8) is 0 Å². The molecule has 130 valence electrons. The molecule has 3 aromatic rings. The first-order chi connectivity index (χ1) is 12.2. The minimum absolute atomic E-state index is 0.0408. The van der Waals surface area contributed by atoms with E-state index in [1.54, 1.807) is 12.5 Å². The Morgan fingerprint density at radius 2 is 1.92 bits per heavy atom. The van der Waals surface area contributed by atoms with E-state index in [-0.39, 0.29) is 11.9 Å². The number of rotatable bonds is 8. The number of nitrogens with zero attached hydrogens (tertiary/aromatic N) is 3. The maximum Gasteiger partial charge on any atom is 0.222 e. The molecule has 0 aliphatic rings. The smallest absolute Gasteiger partial charge is 0.222 e. The van der Waals surface area contributed by atoms with E-state index in [4.69, 9.17) is 11.6 Å². The van der Waals surface area contributed by atoms with Crippen LogP contribution in [-0.4, -0.2) is 26.6 Å². The zero-order valence-electron chi connectivity index (χ0n) is 13.9. The fourth-order valence-corrected chi connectivity index (χ4v) is 2.92. The van der Waals surface area contributed by atoms with E-state index < -0.39 is 0 Å². The van der Waals surface area contributed by atoms with Crippen LogP contribution in [0.1, 0.15) is 24.4 Å². The van der Waals surface area contributed by atoms with Gasteiger partial charge < -0.3 is 14.5 Å². The van der Waals surface area contributed by atoms with Crippen molar-refractivity contribution in [1.82, 2.24) is 19.4 Å². The van der Waals surface area contributed by atoms with Crippen LogP contribution in [0.2, 0.25) is 5.02 Å². The third-order valence-electron chi connectivity index (χ3n) is 4.10. The Morgan fingerprint density at radius 1 is 1.16 bits per heavy atom. The molecule has 0 spiro atoms. The number of aryl methyl sites for hydroxylation is 1. The molecule has 2 aromatic heterocycles. The van der Waals surface area contributed by atoms with Crippen molar-refractivity contribution in [1.29, 1.82) is 0 Å². The van der Waals surface area contributed by atoms with Crippen molar-refractivity contribution >= 4 is 17.5 Å². The first-order valence-electron chi connectivity index (χ1n) is 8.33. The van der Waals surface area contributed by atoms with E-state index in [1.807, 2.05) is 64.1 Å². The highest BCUT2D eigenvalue weighted by Crippen LogP contribution is 2.23. The molecule has 6 heteroatoms. The molecule has 0 radical (unpaired) electrons. The van der Waals surface area contributed by atoms with Gasteiger partial charge in [0.15, 0.2) is 0 Å². The number of aromatic nitrogens is 3. The maximum atomic E-state index is 12.4. The number of imidazole rings is 1. The lowest BCUT2D eigenvalue weighted by Gasteiger charge is -2.19. The highest BCUT2D eigenvalue weighted by molar-refractivity contribution is 6.30. The third kappa shape index (κ3) is 4.97. The lowest BCUT2D eigenvalue weighted by molar-refractivity contribution is -0.121. The van der Waals surface area contributed by atoms with Crippen molar-refractivity contribution in [2.45, 2.75) is 25.4 Å². The summed E-state index contributed by atoms with van der Waals surface area (Å²) in [4.78, 5) is 16.4. The molecule has 3 rings (SSSR count). The summed E-state index contributed by atoms with van der Waals surface area (Å²) in [6.07, 6.45) is 10.7. The number of hydrogen-bond acceptors (Lipinski definition) is 2. The molecule has 1 atom stereocenters. The van der Waals surface area contributed by atoms with E-state index in [1.165, 1.54) is 0 Å². The third-order valence-corrected chi connectivity index (χ3v) is 4.35. The van der Waals surface area contributed by atoms with Crippen LogP contribution in [0.4, 0.5) is 0 Å². The highest BCUT2D eigenvalue weighted by Gasteiger charge is 2.17. The van der Waals surface area contributed by atoms with Gasteiger partial charge in [-0.3, -0.25) is 4.79 Å². The fraction of sp³-hybridized carbons (Fsp3) is 0.263. The van der Waals surface area contributed by atoms with Gasteiger partial charge in [-0.2, -0.15) is 0 Å². The van der Waals surface area contributed by atoms with Crippen LogP contribution >= 0.6 is 11.6 Å².